The molecule has 0 spiro atoms. The second-order valence-electron chi connectivity index (χ2n) is 6.12. The molecule has 0 radical (unpaired) electrons. The molecule has 2 nitrogen and oxygen atoms in total. The highest BCUT2D eigenvalue weighted by atomic mass is 16.5. The van der Waals surface area contributed by atoms with E-state index in [0.717, 1.165) is 17.9 Å². The number of benzene rings is 1. The molecular weight excluding hydrogens is 236 g/mol. The summed E-state index contributed by atoms with van der Waals surface area (Å²) in [6.45, 7) is 12.9. The number of rotatable bonds is 6. The zero-order chi connectivity index (χ0) is 14.6. The Hall–Kier alpha value is -1.18. The van der Waals surface area contributed by atoms with Gasteiger partial charge in [-0.1, -0.05) is 27.7 Å². The van der Waals surface area contributed by atoms with Crippen molar-refractivity contribution < 1.29 is 9.47 Å². The molecular formula is C17H28O2. The second-order valence-corrected chi connectivity index (χ2v) is 6.12. The molecule has 0 amide bonds. The summed E-state index contributed by atoms with van der Waals surface area (Å²) in [5, 5.41) is 0. The fourth-order valence-corrected chi connectivity index (χ4v) is 2.12. The number of methoxy groups -OCH3 is 1. The van der Waals surface area contributed by atoms with E-state index in [0.29, 0.717) is 11.8 Å². The quantitative estimate of drug-likeness (QED) is 0.734. The molecule has 0 aliphatic carbocycles. The lowest BCUT2D eigenvalue weighted by Crippen LogP contribution is -2.10. The molecule has 0 unspecified atom stereocenters. The summed E-state index contributed by atoms with van der Waals surface area (Å²) in [5.74, 6) is 2.98. The first kappa shape index (κ1) is 15.9. The summed E-state index contributed by atoms with van der Waals surface area (Å²) >= 11 is 0. The predicted octanol–water partition coefficient (Wildman–Crippen LogP) is 4.80. The Morgan fingerprint density at radius 2 is 1.53 bits per heavy atom. The molecule has 0 aliphatic heterocycles. The topological polar surface area (TPSA) is 18.5 Å². The Morgan fingerprint density at radius 3 is 1.95 bits per heavy atom. The van der Waals surface area contributed by atoms with Crippen LogP contribution in [-0.4, -0.2) is 13.2 Å². The molecule has 1 aromatic carbocycles. The first-order valence-corrected chi connectivity index (χ1v) is 7.22. The molecule has 0 heterocycles. The first-order valence-electron chi connectivity index (χ1n) is 7.22. The SMILES string of the molecule is COc1cc(C(C)C)cc(OC(C)C)c1CC(C)C. The van der Waals surface area contributed by atoms with Crippen molar-refractivity contribution in [1.29, 1.82) is 0 Å². The molecule has 1 aromatic rings. The van der Waals surface area contributed by atoms with Gasteiger partial charge < -0.3 is 9.47 Å². The highest BCUT2D eigenvalue weighted by Gasteiger charge is 2.16. The van der Waals surface area contributed by atoms with E-state index in [1.54, 1.807) is 7.11 Å². The van der Waals surface area contributed by atoms with Gasteiger partial charge in [0.2, 0.25) is 0 Å². The van der Waals surface area contributed by atoms with Gasteiger partial charge in [-0.2, -0.15) is 0 Å². The highest BCUT2D eigenvalue weighted by Crippen LogP contribution is 2.35. The van der Waals surface area contributed by atoms with Gasteiger partial charge in [-0.25, -0.2) is 0 Å². The zero-order valence-corrected chi connectivity index (χ0v) is 13.4. The van der Waals surface area contributed by atoms with Gasteiger partial charge in [0.05, 0.1) is 13.2 Å². The van der Waals surface area contributed by atoms with Crippen LogP contribution in [0.25, 0.3) is 0 Å². The molecule has 0 fully saturated rings. The summed E-state index contributed by atoms with van der Waals surface area (Å²) in [6.07, 6.45) is 1.15. The Kier molecular flexibility index (Phi) is 5.71. The molecule has 0 aromatic heterocycles. The molecule has 0 atom stereocenters. The van der Waals surface area contributed by atoms with E-state index in [1.807, 2.05) is 0 Å². The smallest absolute Gasteiger partial charge is 0.126 e. The molecule has 2 heteroatoms. The summed E-state index contributed by atoms with van der Waals surface area (Å²) in [4.78, 5) is 0. The Labute approximate surface area is 118 Å². The van der Waals surface area contributed by atoms with E-state index in [9.17, 15) is 0 Å². The molecule has 0 aliphatic rings. The molecule has 108 valence electrons. The van der Waals surface area contributed by atoms with Crippen LogP contribution >= 0.6 is 0 Å². The number of hydrogen-bond donors (Lipinski definition) is 0. The Balaban J connectivity index is 3.29. The molecule has 0 saturated heterocycles. The molecule has 0 bridgehead atoms. The van der Waals surface area contributed by atoms with Gasteiger partial charge in [0.1, 0.15) is 11.5 Å². The minimum atomic E-state index is 0.179. The van der Waals surface area contributed by atoms with Crippen LogP contribution in [0.4, 0.5) is 0 Å². The average molecular weight is 264 g/mol. The minimum Gasteiger partial charge on any atom is -0.496 e. The van der Waals surface area contributed by atoms with Crippen LogP contribution < -0.4 is 9.47 Å². The van der Waals surface area contributed by atoms with Crippen molar-refractivity contribution in [3.05, 3.63) is 23.3 Å². The van der Waals surface area contributed by atoms with E-state index in [-0.39, 0.29) is 6.10 Å². The summed E-state index contributed by atoms with van der Waals surface area (Å²) in [5.41, 5.74) is 2.45. The van der Waals surface area contributed by atoms with Crippen LogP contribution in [0.5, 0.6) is 11.5 Å². The number of hydrogen-bond acceptors (Lipinski definition) is 2. The van der Waals surface area contributed by atoms with Crippen LogP contribution in [0, 0.1) is 5.92 Å². The molecule has 0 N–H and O–H groups in total. The minimum absolute atomic E-state index is 0.179. The van der Waals surface area contributed by atoms with E-state index in [4.69, 9.17) is 9.47 Å². The van der Waals surface area contributed by atoms with Crippen molar-refractivity contribution in [2.45, 2.75) is 60.0 Å². The van der Waals surface area contributed by atoms with Gasteiger partial charge >= 0.3 is 0 Å². The number of ether oxygens (including phenoxy) is 2. The van der Waals surface area contributed by atoms with Gasteiger partial charge in [0, 0.05) is 5.56 Å². The van der Waals surface area contributed by atoms with Crippen LogP contribution in [0.2, 0.25) is 0 Å². The lowest BCUT2D eigenvalue weighted by atomic mass is 9.95. The Morgan fingerprint density at radius 1 is 0.947 bits per heavy atom. The van der Waals surface area contributed by atoms with Crippen LogP contribution in [0.3, 0.4) is 0 Å². The van der Waals surface area contributed by atoms with Crippen LogP contribution in [-0.2, 0) is 6.42 Å². The predicted molar refractivity (Wildman–Crippen MR) is 81.4 cm³/mol. The zero-order valence-electron chi connectivity index (χ0n) is 13.4. The second kappa shape index (κ2) is 6.83. The van der Waals surface area contributed by atoms with Crippen molar-refractivity contribution >= 4 is 0 Å². The third-order valence-electron chi connectivity index (χ3n) is 3.05. The van der Waals surface area contributed by atoms with Crippen LogP contribution in [0.1, 0.15) is 58.6 Å². The summed E-state index contributed by atoms with van der Waals surface area (Å²) in [6, 6.07) is 4.32. The summed E-state index contributed by atoms with van der Waals surface area (Å²) in [7, 11) is 1.74. The first-order chi connectivity index (χ1) is 8.85. The van der Waals surface area contributed by atoms with Crippen LogP contribution in [0.15, 0.2) is 12.1 Å². The van der Waals surface area contributed by atoms with E-state index >= 15 is 0 Å². The van der Waals surface area contributed by atoms with E-state index in [2.05, 4.69) is 53.7 Å². The fraction of sp³-hybridized carbons (Fsp3) is 0.647. The van der Waals surface area contributed by atoms with Gasteiger partial charge in [-0.3, -0.25) is 0 Å². The molecule has 19 heavy (non-hydrogen) atoms. The highest BCUT2D eigenvalue weighted by molar-refractivity contribution is 5.49. The lowest BCUT2D eigenvalue weighted by Gasteiger charge is -2.21. The third-order valence-corrected chi connectivity index (χ3v) is 3.05. The maximum atomic E-state index is 6.00. The molecule has 1 rings (SSSR count). The van der Waals surface area contributed by atoms with Crippen molar-refractivity contribution in [1.82, 2.24) is 0 Å². The van der Waals surface area contributed by atoms with E-state index < -0.39 is 0 Å². The molecule has 0 saturated carbocycles. The maximum absolute atomic E-state index is 6.00. The van der Waals surface area contributed by atoms with Crippen molar-refractivity contribution in [2.24, 2.45) is 5.92 Å². The Bertz CT molecular complexity index is 406. The van der Waals surface area contributed by atoms with Crippen molar-refractivity contribution in [3.8, 4) is 11.5 Å². The third kappa shape index (κ3) is 4.45. The summed E-state index contributed by atoms with van der Waals surface area (Å²) < 4.78 is 11.6. The largest absolute Gasteiger partial charge is 0.496 e. The van der Waals surface area contributed by atoms with Crippen molar-refractivity contribution in [2.75, 3.05) is 7.11 Å². The van der Waals surface area contributed by atoms with E-state index in [1.165, 1.54) is 11.1 Å². The fourth-order valence-electron chi connectivity index (χ4n) is 2.12. The van der Waals surface area contributed by atoms with Gasteiger partial charge in [0.25, 0.3) is 0 Å². The lowest BCUT2D eigenvalue weighted by molar-refractivity contribution is 0.237. The van der Waals surface area contributed by atoms with Gasteiger partial charge in [-0.15, -0.1) is 0 Å². The normalized spacial score (nSPS) is 11.5. The average Bonchev–Trinajstić information content (AvgIpc) is 2.29. The maximum Gasteiger partial charge on any atom is 0.126 e. The van der Waals surface area contributed by atoms with Gasteiger partial charge in [-0.05, 0) is 49.8 Å². The van der Waals surface area contributed by atoms with Gasteiger partial charge in [0.15, 0.2) is 0 Å². The standard InChI is InChI=1S/C17H28O2/c1-11(2)8-15-16(18-7)9-14(12(3)4)10-17(15)19-13(5)6/h9-13H,8H2,1-7H3. The monoisotopic (exact) mass is 264 g/mol. The van der Waals surface area contributed by atoms with Crippen molar-refractivity contribution in [3.63, 3.8) is 0 Å².